The van der Waals surface area contributed by atoms with E-state index in [1.807, 2.05) is 0 Å². The molecule has 0 spiro atoms. The molecule has 0 amide bonds. The SMILES string of the molecule is O=S(=O)(O)C(O)c1ccccc1.[H-].[H-].[Na+].[Na+]. The quantitative estimate of drug-likeness (QED) is 0.397. The molecule has 70 valence electrons. The topological polar surface area (TPSA) is 74.6 Å². The number of rotatable bonds is 2. The van der Waals surface area contributed by atoms with Gasteiger partial charge in [0.15, 0.2) is 0 Å². The summed E-state index contributed by atoms with van der Waals surface area (Å²) in [7, 11) is -4.40. The van der Waals surface area contributed by atoms with Crippen LogP contribution in [0.4, 0.5) is 0 Å². The molecule has 0 aromatic heterocycles. The van der Waals surface area contributed by atoms with Crippen LogP contribution in [0.2, 0.25) is 0 Å². The van der Waals surface area contributed by atoms with Crippen LogP contribution in [-0.2, 0) is 10.1 Å². The minimum Gasteiger partial charge on any atom is -1.00 e. The van der Waals surface area contributed by atoms with Gasteiger partial charge in [-0.3, -0.25) is 4.55 Å². The van der Waals surface area contributed by atoms with Crippen LogP contribution < -0.4 is 59.1 Å². The second kappa shape index (κ2) is 7.38. The van der Waals surface area contributed by atoms with Crippen LogP contribution in [0.1, 0.15) is 13.9 Å². The molecule has 1 atom stereocenters. The van der Waals surface area contributed by atoms with Gasteiger partial charge in [0.25, 0.3) is 10.1 Å². The summed E-state index contributed by atoms with van der Waals surface area (Å²) in [6.07, 6.45) is 0. The van der Waals surface area contributed by atoms with Gasteiger partial charge < -0.3 is 7.96 Å². The van der Waals surface area contributed by atoms with Crippen LogP contribution in [0.5, 0.6) is 0 Å². The van der Waals surface area contributed by atoms with E-state index in [0.29, 0.717) is 0 Å². The Labute approximate surface area is 130 Å². The van der Waals surface area contributed by atoms with Crippen molar-refractivity contribution in [3.8, 4) is 0 Å². The second-order valence-electron chi connectivity index (χ2n) is 2.28. The number of hydrogen-bond donors (Lipinski definition) is 2. The van der Waals surface area contributed by atoms with E-state index in [2.05, 4.69) is 0 Å². The summed E-state index contributed by atoms with van der Waals surface area (Å²) in [5.41, 5.74) is -1.70. The molecule has 0 saturated carbocycles. The Bertz CT molecular complexity index is 360. The van der Waals surface area contributed by atoms with Gasteiger partial charge in [-0.05, 0) is 5.56 Å². The maximum absolute atomic E-state index is 10.4. The van der Waals surface area contributed by atoms with Crippen molar-refractivity contribution in [3.05, 3.63) is 35.9 Å². The summed E-state index contributed by atoms with van der Waals surface area (Å²) in [6, 6.07) is 7.66. The maximum atomic E-state index is 10.4. The summed E-state index contributed by atoms with van der Waals surface area (Å²) < 4.78 is 29.3. The first kappa shape index (κ1) is 17.5. The largest absolute Gasteiger partial charge is 1.00 e. The first-order chi connectivity index (χ1) is 5.52. The van der Waals surface area contributed by atoms with Crippen molar-refractivity contribution in [2.75, 3.05) is 0 Å². The molecule has 2 N–H and O–H groups in total. The average molecular weight is 236 g/mol. The van der Waals surface area contributed by atoms with Crippen molar-refractivity contribution in [3.63, 3.8) is 0 Å². The van der Waals surface area contributed by atoms with Crippen molar-refractivity contribution in [1.29, 1.82) is 0 Å². The fraction of sp³-hybridized carbons (Fsp3) is 0.143. The monoisotopic (exact) mass is 236 g/mol. The van der Waals surface area contributed by atoms with Crippen LogP contribution in [0.3, 0.4) is 0 Å². The van der Waals surface area contributed by atoms with Gasteiger partial charge in [0, 0.05) is 0 Å². The molecule has 7 heteroatoms. The normalized spacial score (nSPS) is 12.1. The van der Waals surface area contributed by atoms with Crippen molar-refractivity contribution >= 4 is 10.1 Å². The first-order valence-corrected chi connectivity index (χ1v) is 4.71. The van der Waals surface area contributed by atoms with Gasteiger partial charge in [-0.25, -0.2) is 0 Å². The standard InChI is InChI=1S/C7H8O4S.2Na.2H/c8-7(12(9,10)11)6-4-2-1-3-5-6;;;;/h1-5,7-8H,(H,9,10,11);;;;/q;2*+1;2*-1. The minimum atomic E-state index is -4.40. The zero-order chi connectivity index (χ0) is 9.19. The van der Waals surface area contributed by atoms with Crippen molar-refractivity contribution in [2.45, 2.75) is 5.44 Å². The Morgan fingerprint density at radius 1 is 1.14 bits per heavy atom. The smallest absolute Gasteiger partial charge is 1.00 e. The molecule has 1 unspecified atom stereocenters. The predicted molar refractivity (Wildman–Crippen MR) is 45.2 cm³/mol. The summed E-state index contributed by atoms with van der Waals surface area (Å²) in [4.78, 5) is 0. The van der Waals surface area contributed by atoms with E-state index >= 15 is 0 Å². The Hall–Kier alpha value is 1.09. The third-order valence-electron chi connectivity index (χ3n) is 1.37. The van der Waals surface area contributed by atoms with Crippen LogP contribution >= 0.6 is 0 Å². The fourth-order valence-corrected chi connectivity index (χ4v) is 1.29. The maximum Gasteiger partial charge on any atom is 1.00 e. The molecule has 0 bridgehead atoms. The molecule has 1 aromatic carbocycles. The predicted octanol–water partition coefficient (Wildman–Crippen LogP) is -5.20. The molecule has 1 aromatic rings. The van der Waals surface area contributed by atoms with Gasteiger partial charge in [-0.2, -0.15) is 8.42 Å². The molecule has 4 nitrogen and oxygen atoms in total. The third kappa shape index (κ3) is 5.25. The van der Waals surface area contributed by atoms with Crippen molar-refractivity contribution in [1.82, 2.24) is 0 Å². The van der Waals surface area contributed by atoms with E-state index in [1.165, 1.54) is 12.1 Å². The van der Waals surface area contributed by atoms with E-state index < -0.39 is 15.6 Å². The molecule has 0 aliphatic rings. The number of aliphatic hydroxyl groups excluding tert-OH is 1. The molecule has 0 saturated heterocycles. The molecule has 14 heavy (non-hydrogen) atoms. The number of aliphatic hydroxyl groups is 1. The van der Waals surface area contributed by atoms with Crippen molar-refractivity contribution in [2.24, 2.45) is 0 Å². The molecular formula is C7H10Na2O4S. The van der Waals surface area contributed by atoms with E-state index in [0.717, 1.165) is 0 Å². The molecular weight excluding hydrogens is 226 g/mol. The number of hydrogen-bond acceptors (Lipinski definition) is 3. The van der Waals surface area contributed by atoms with Crippen LogP contribution in [0.25, 0.3) is 0 Å². The Balaban J connectivity index is -0.000000180. The molecule has 0 fully saturated rings. The van der Waals surface area contributed by atoms with E-state index in [4.69, 9.17) is 9.66 Å². The van der Waals surface area contributed by atoms with Gasteiger partial charge in [0.1, 0.15) is 0 Å². The zero-order valence-corrected chi connectivity index (χ0v) is 12.9. The average Bonchev–Trinajstić information content (AvgIpc) is 2.03. The van der Waals surface area contributed by atoms with E-state index in [9.17, 15) is 8.42 Å². The molecule has 1 rings (SSSR count). The van der Waals surface area contributed by atoms with Crippen molar-refractivity contribution < 1.29 is 80.0 Å². The van der Waals surface area contributed by atoms with E-state index in [-0.39, 0.29) is 67.5 Å². The number of benzene rings is 1. The first-order valence-electron chi connectivity index (χ1n) is 3.21. The Morgan fingerprint density at radius 2 is 1.57 bits per heavy atom. The minimum absolute atomic E-state index is 0. The van der Waals surface area contributed by atoms with Gasteiger partial charge in [0.2, 0.25) is 5.44 Å². The molecule has 0 radical (unpaired) electrons. The summed E-state index contributed by atoms with van der Waals surface area (Å²) in [5.74, 6) is 0. The third-order valence-corrected chi connectivity index (χ3v) is 2.20. The van der Waals surface area contributed by atoms with Crippen LogP contribution in [0.15, 0.2) is 30.3 Å². The van der Waals surface area contributed by atoms with Gasteiger partial charge in [0.05, 0.1) is 0 Å². The molecule has 0 heterocycles. The molecule has 0 aliphatic carbocycles. The Kier molecular flexibility index (Phi) is 9.21. The summed E-state index contributed by atoms with van der Waals surface area (Å²) in [6.45, 7) is 0. The zero-order valence-electron chi connectivity index (χ0n) is 10.1. The van der Waals surface area contributed by atoms with Crippen LogP contribution in [-0.4, -0.2) is 18.1 Å². The summed E-state index contributed by atoms with van der Waals surface area (Å²) >= 11 is 0. The van der Waals surface area contributed by atoms with E-state index in [1.54, 1.807) is 18.2 Å². The van der Waals surface area contributed by atoms with Crippen LogP contribution in [0, 0.1) is 0 Å². The molecule has 0 aliphatic heterocycles. The van der Waals surface area contributed by atoms with Gasteiger partial charge in [-0.15, -0.1) is 0 Å². The Morgan fingerprint density at radius 3 is 1.93 bits per heavy atom. The van der Waals surface area contributed by atoms with Gasteiger partial charge in [-0.1, -0.05) is 30.3 Å². The van der Waals surface area contributed by atoms with Gasteiger partial charge >= 0.3 is 59.1 Å². The summed E-state index contributed by atoms with van der Waals surface area (Å²) in [5, 5.41) is 9.02. The fourth-order valence-electron chi connectivity index (χ4n) is 0.790. The second-order valence-corrected chi connectivity index (χ2v) is 3.75.